The third-order valence-corrected chi connectivity index (χ3v) is 5.04. The molecule has 0 unspecified atom stereocenters. The van der Waals surface area contributed by atoms with Gasteiger partial charge in [0.15, 0.2) is 0 Å². The van der Waals surface area contributed by atoms with E-state index in [1.807, 2.05) is 13.0 Å². The summed E-state index contributed by atoms with van der Waals surface area (Å²) in [6.45, 7) is 2.20. The number of carbonyl (C=O) groups is 2. The average molecular weight is 385 g/mol. The van der Waals surface area contributed by atoms with Crippen LogP contribution < -0.4 is 4.90 Å². The standard InChI is InChI=1S/C22H19N5O2/c1-15-13-27(19-8-3-2-5-18(19)12-23)20(28)14-26(15)22(29)17-7-4-6-16(11-17)21-24-9-10-25-21/h2-11,15H,13-14H2,1H3,(H,24,25)/t15-/m0/s1. The number of hydrogen-bond acceptors (Lipinski definition) is 4. The Hall–Kier alpha value is -3.92. The number of nitrogens with zero attached hydrogens (tertiary/aromatic N) is 4. The van der Waals surface area contributed by atoms with Gasteiger partial charge < -0.3 is 14.8 Å². The number of para-hydroxylation sites is 1. The Morgan fingerprint density at radius 2 is 2.07 bits per heavy atom. The molecule has 29 heavy (non-hydrogen) atoms. The molecule has 2 amide bonds. The van der Waals surface area contributed by atoms with Gasteiger partial charge in [0.2, 0.25) is 5.91 Å². The molecule has 0 saturated carbocycles. The molecular weight excluding hydrogens is 366 g/mol. The zero-order valence-corrected chi connectivity index (χ0v) is 15.9. The van der Waals surface area contributed by atoms with E-state index in [0.717, 1.165) is 5.56 Å². The van der Waals surface area contributed by atoms with Crippen LogP contribution in [0, 0.1) is 11.3 Å². The zero-order chi connectivity index (χ0) is 20.4. The monoisotopic (exact) mass is 385 g/mol. The highest BCUT2D eigenvalue weighted by Crippen LogP contribution is 2.25. The molecule has 1 N–H and O–H groups in total. The normalized spacial score (nSPS) is 16.6. The highest BCUT2D eigenvalue weighted by molar-refractivity contribution is 6.02. The molecule has 1 aliphatic heterocycles. The summed E-state index contributed by atoms with van der Waals surface area (Å²) < 4.78 is 0. The number of imidazole rings is 1. The predicted molar refractivity (Wildman–Crippen MR) is 108 cm³/mol. The van der Waals surface area contributed by atoms with E-state index in [9.17, 15) is 14.9 Å². The molecule has 1 atom stereocenters. The summed E-state index contributed by atoms with van der Waals surface area (Å²) in [6, 6.07) is 16.1. The van der Waals surface area contributed by atoms with Gasteiger partial charge in [-0.25, -0.2) is 4.98 Å². The van der Waals surface area contributed by atoms with E-state index in [0.29, 0.717) is 29.2 Å². The van der Waals surface area contributed by atoms with Crippen molar-refractivity contribution in [2.24, 2.45) is 0 Å². The summed E-state index contributed by atoms with van der Waals surface area (Å²) in [6.07, 6.45) is 3.38. The lowest BCUT2D eigenvalue weighted by Gasteiger charge is -2.39. The predicted octanol–water partition coefficient (Wildman–Crippen LogP) is 2.83. The van der Waals surface area contributed by atoms with Crippen molar-refractivity contribution in [2.75, 3.05) is 18.0 Å². The van der Waals surface area contributed by atoms with Crippen molar-refractivity contribution in [2.45, 2.75) is 13.0 Å². The Balaban J connectivity index is 1.57. The van der Waals surface area contributed by atoms with Gasteiger partial charge in [-0.2, -0.15) is 5.26 Å². The van der Waals surface area contributed by atoms with Crippen LogP contribution in [-0.2, 0) is 4.79 Å². The fourth-order valence-corrected chi connectivity index (χ4v) is 3.55. The minimum absolute atomic E-state index is 0.0370. The van der Waals surface area contributed by atoms with Crippen molar-refractivity contribution in [1.29, 1.82) is 5.26 Å². The third kappa shape index (κ3) is 3.48. The molecule has 1 saturated heterocycles. The number of hydrogen-bond donors (Lipinski definition) is 1. The van der Waals surface area contributed by atoms with E-state index in [2.05, 4.69) is 16.0 Å². The minimum Gasteiger partial charge on any atom is -0.345 e. The third-order valence-electron chi connectivity index (χ3n) is 5.04. The molecule has 2 heterocycles. The molecule has 2 aromatic carbocycles. The Bertz CT molecular complexity index is 1100. The Morgan fingerprint density at radius 1 is 1.24 bits per heavy atom. The fraction of sp³-hybridized carbons (Fsp3) is 0.182. The van der Waals surface area contributed by atoms with Gasteiger partial charge in [-0.3, -0.25) is 9.59 Å². The van der Waals surface area contributed by atoms with Gasteiger partial charge in [0.25, 0.3) is 5.91 Å². The number of benzene rings is 2. The molecule has 0 spiro atoms. The van der Waals surface area contributed by atoms with E-state index in [1.165, 1.54) is 0 Å². The number of H-pyrrole nitrogens is 1. The molecule has 3 aromatic rings. The number of rotatable bonds is 3. The number of piperazine rings is 1. The molecule has 7 nitrogen and oxygen atoms in total. The van der Waals surface area contributed by atoms with Crippen molar-refractivity contribution in [3.05, 3.63) is 72.1 Å². The van der Waals surface area contributed by atoms with Crippen LogP contribution in [0.5, 0.6) is 0 Å². The van der Waals surface area contributed by atoms with Gasteiger partial charge in [-0.05, 0) is 31.2 Å². The summed E-state index contributed by atoms with van der Waals surface area (Å²) in [4.78, 5) is 36.3. The molecule has 7 heteroatoms. The topological polar surface area (TPSA) is 93.1 Å². The molecule has 1 aliphatic rings. The number of aromatic nitrogens is 2. The van der Waals surface area contributed by atoms with Crippen molar-refractivity contribution < 1.29 is 9.59 Å². The number of aromatic amines is 1. The molecule has 1 fully saturated rings. The van der Waals surface area contributed by atoms with Crippen LogP contribution in [0.15, 0.2) is 60.9 Å². The van der Waals surface area contributed by atoms with E-state index in [1.54, 1.807) is 64.7 Å². The summed E-state index contributed by atoms with van der Waals surface area (Å²) >= 11 is 0. The van der Waals surface area contributed by atoms with Crippen LogP contribution in [0.2, 0.25) is 0 Å². The number of nitriles is 1. The quantitative estimate of drug-likeness (QED) is 0.750. The Kier molecular flexibility index (Phi) is 4.83. The highest BCUT2D eigenvalue weighted by Gasteiger charge is 2.34. The Labute approximate surface area is 168 Å². The summed E-state index contributed by atoms with van der Waals surface area (Å²) in [5.74, 6) is 0.274. The van der Waals surface area contributed by atoms with E-state index >= 15 is 0 Å². The highest BCUT2D eigenvalue weighted by atomic mass is 16.2. The van der Waals surface area contributed by atoms with Gasteiger partial charge >= 0.3 is 0 Å². The molecular formula is C22H19N5O2. The maximum atomic E-state index is 13.1. The number of anilines is 1. The van der Waals surface area contributed by atoms with Crippen LogP contribution in [0.3, 0.4) is 0 Å². The smallest absolute Gasteiger partial charge is 0.254 e. The van der Waals surface area contributed by atoms with Crippen LogP contribution in [0.4, 0.5) is 5.69 Å². The second-order valence-corrected chi connectivity index (χ2v) is 6.93. The van der Waals surface area contributed by atoms with Gasteiger partial charge in [0, 0.05) is 36.1 Å². The maximum Gasteiger partial charge on any atom is 0.254 e. The first-order valence-corrected chi connectivity index (χ1v) is 9.29. The van der Waals surface area contributed by atoms with Crippen LogP contribution in [0.25, 0.3) is 11.4 Å². The van der Waals surface area contributed by atoms with E-state index < -0.39 is 0 Å². The first-order valence-electron chi connectivity index (χ1n) is 9.29. The first kappa shape index (κ1) is 18.4. The number of amides is 2. The summed E-state index contributed by atoms with van der Waals surface area (Å²) in [5.41, 5.74) is 2.34. The van der Waals surface area contributed by atoms with Crippen LogP contribution in [0.1, 0.15) is 22.8 Å². The second-order valence-electron chi connectivity index (χ2n) is 6.93. The van der Waals surface area contributed by atoms with Crippen molar-refractivity contribution in [1.82, 2.24) is 14.9 Å². The van der Waals surface area contributed by atoms with E-state index in [-0.39, 0.29) is 24.4 Å². The van der Waals surface area contributed by atoms with Crippen LogP contribution >= 0.6 is 0 Å². The van der Waals surface area contributed by atoms with E-state index in [4.69, 9.17) is 0 Å². The largest absolute Gasteiger partial charge is 0.345 e. The van der Waals surface area contributed by atoms with Gasteiger partial charge in [0.1, 0.15) is 18.4 Å². The SMILES string of the molecule is C[C@H]1CN(c2ccccc2C#N)C(=O)CN1C(=O)c1cccc(-c2ncc[nH]2)c1. The lowest BCUT2D eigenvalue weighted by Crippen LogP contribution is -2.57. The minimum atomic E-state index is -0.207. The summed E-state index contributed by atoms with van der Waals surface area (Å²) in [5, 5.41) is 9.33. The van der Waals surface area contributed by atoms with Gasteiger partial charge in [-0.15, -0.1) is 0 Å². The molecule has 4 rings (SSSR count). The summed E-state index contributed by atoms with van der Waals surface area (Å²) in [7, 11) is 0. The van der Waals surface area contributed by atoms with Crippen molar-refractivity contribution >= 4 is 17.5 Å². The number of nitrogens with one attached hydrogen (secondary N) is 1. The average Bonchev–Trinajstić information content (AvgIpc) is 3.30. The second kappa shape index (κ2) is 7.60. The lowest BCUT2D eigenvalue weighted by molar-refractivity contribution is -0.121. The lowest BCUT2D eigenvalue weighted by atomic mass is 10.1. The van der Waals surface area contributed by atoms with Crippen molar-refractivity contribution in [3.63, 3.8) is 0 Å². The molecule has 0 radical (unpaired) electrons. The molecule has 1 aromatic heterocycles. The molecule has 0 aliphatic carbocycles. The molecule has 144 valence electrons. The van der Waals surface area contributed by atoms with Gasteiger partial charge in [0.05, 0.1) is 11.3 Å². The first-order chi connectivity index (χ1) is 14.1. The van der Waals surface area contributed by atoms with Gasteiger partial charge in [-0.1, -0.05) is 24.3 Å². The molecule has 0 bridgehead atoms. The maximum absolute atomic E-state index is 13.1. The zero-order valence-electron chi connectivity index (χ0n) is 15.9. The van der Waals surface area contributed by atoms with Crippen molar-refractivity contribution in [3.8, 4) is 17.5 Å². The van der Waals surface area contributed by atoms with Crippen LogP contribution in [-0.4, -0.2) is 45.8 Å². The fourth-order valence-electron chi connectivity index (χ4n) is 3.55. The Morgan fingerprint density at radius 3 is 2.83 bits per heavy atom. The number of carbonyl (C=O) groups excluding carboxylic acids is 2.